The molecule has 0 spiro atoms. The molecular weight excluding hydrogens is 260 g/mol. The van der Waals surface area contributed by atoms with Crippen LogP contribution in [0.25, 0.3) is 0 Å². The molecule has 0 radical (unpaired) electrons. The number of aliphatic hydroxyl groups excluding tert-OH is 1. The Morgan fingerprint density at radius 1 is 1.50 bits per heavy atom. The number of aliphatic hydroxyl groups is 1. The Hall–Kier alpha value is -0.750. The van der Waals surface area contributed by atoms with E-state index in [4.69, 9.17) is 9.84 Å². The zero-order valence-corrected chi connectivity index (χ0v) is 8.67. The van der Waals surface area contributed by atoms with Crippen LogP contribution in [0.3, 0.4) is 0 Å². The van der Waals surface area contributed by atoms with Gasteiger partial charge in [-0.05, 0) is 28.1 Å². The summed E-state index contributed by atoms with van der Waals surface area (Å²) in [5.41, 5.74) is 0.236. The molecule has 0 unspecified atom stereocenters. The Labute approximate surface area is 87.9 Å². The van der Waals surface area contributed by atoms with Gasteiger partial charge in [0, 0.05) is 0 Å². The van der Waals surface area contributed by atoms with Crippen molar-refractivity contribution < 1.29 is 18.6 Å². The quantitative estimate of drug-likeness (QED) is 0.849. The number of rotatable bonds is 4. The minimum atomic E-state index is -2.54. The summed E-state index contributed by atoms with van der Waals surface area (Å²) in [6.07, 6.45) is -2.54. The van der Waals surface area contributed by atoms with Gasteiger partial charge in [-0.2, -0.15) is 0 Å². The number of ether oxygens (including phenoxy) is 1. The fourth-order valence-electron chi connectivity index (χ4n) is 0.859. The molecule has 0 amide bonds. The van der Waals surface area contributed by atoms with Crippen molar-refractivity contribution in [3.05, 3.63) is 22.4 Å². The van der Waals surface area contributed by atoms with Gasteiger partial charge in [0.05, 0.1) is 6.61 Å². The topological polar surface area (TPSA) is 42.4 Å². The van der Waals surface area contributed by atoms with Crippen LogP contribution in [0.1, 0.15) is 5.69 Å². The van der Waals surface area contributed by atoms with Crippen LogP contribution in [-0.2, 0) is 6.61 Å². The number of pyridine rings is 1. The zero-order valence-electron chi connectivity index (χ0n) is 7.08. The highest BCUT2D eigenvalue weighted by atomic mass is 79.9. The van der Waals surface area contributed by atoms with Gasteiger partial charge in [0.1, 0.15) is 22.7 Å². The second-order valence-corrected chi connectivity index (χ2v) is 3.25. The van der Waals surface area contributed by atoms with Crippen molar-refractivity contribution in [2.45, 2.75) is 13.0 Å². The average Bonchev–Trinajstić information content (AvgIpc) is 2.15. The van der Waals surface area contributed by atoms with E-state index in [1.807, 2.05) is 0 Å². The second kappa shape index (κ2) is 5.21. The number of hydrogen-bond acceptors (Lipinski definition) is 3. The van der Waals surface area contributed by atoms with Crippen LogP contribution in [0, 0.1) is 0 Å². The molecule has 1 N–H and O–H groups in total. The molecule has 1 aromatic heterocycles. The van der Waals surface area contributed by atoms with E-state index in [2.05, 4.69) is 20.9 Å². The van der Waals surface area contributed by atoms with Crippen molar-refractivity contribution in [1.29, 1.82) is 0 Å². The minimum Gasteiger partial charge on any atom is -0.486 e. The van der Waals surface area contributed by atoms with E-state index in [-0.39, 0.29) is 18.1 Å². The lowest BCUT2D eigenvalue weighted by Gasteiger charge is -2.08. The average molecular weight is 268 g/mol. The molecule has 1 aromatic rings. The van der Waals surface area contributed by atoms with E-state index in [0.29, 0.717) is 4.60 Å². The third-order valence-corrected chi connectivity index (χ3v) is 1.85. The van der Waals surface area contributed by atoms with Crippen LogP contribution >= 0.6 is 15.9 Å². The number of alkyl halides is 2. The maximum atomic E-state index is 11.8. The molecule has 0 aromatic carbocycles. The van der Waals surface area contributed by atoms with Crippen LogP contribution < -0.4 is 4.74 Å². The third-order valence-electron chi connectivity index (χ3n) is 1.41. The fourth-order valence-corrected chi connectivity index (χ4v) is 1.21. The summed E-state index contributed by atoms with van der Waals surface area (Å²) in [5, 5.41) is 8.86. The normalized spacial score (nSPS) is 10.6. The van der Waals surface area contributed by atoms with Gasteiger partial charge in [-0.1, -0.05) is 0 Å². The molecule has 0 aliphatic carbocycles. The van der Waals surface area contributed by atoms with Gasteiger partial charge in [-0.15, -0.1) is 0 Å². The summed E-state index contributed by atoms with van der Waals surface area (Å²) in [6.45, 7) is -1.05. The van der Waals surface area contributed by atoms with E-state index in [9.17, 15) is 8.78 Å². The van der Waals surface area contributed by atoms with E-state index in [1.54, 1.807) is 6.07 Å². The minimum absolute atomic E-state index is 0.177. The van der Waals surface area contributed by atoms with Crippen molar-refractivity contribution >= 4 is 15.9 Å². The number of hydrogen-bond donors (Lipinski definition) is 1. The number of nitrogens with zero attached hydrogens (tertiary/aromatic N) is 1. The van der Waals surface area contributed by atoms with Gasteiger partial charge >= 0.3 is 0 Å². The molecule has 0 aliphatic rings. The first-order valence-corrected chi connectivity index (χ1v) is 4.60. The largest absolute Gasteiger partial charge is 0.486 e. The first-order valence-electron chi connectivity index (χ1n) is 3.80. The van der Waals surface area contributed by atoms with Gasteiger partial charge < -0.3 is 9.84 Å². The monoisotopic (exact) mass is 267 g/mol. The second-order valence-electron chi connectivity index (χ2n) is 2.44. The number of halogens is 3. The molecule has 1 rings (SSSR count). The van der Waals surface area contributed by atoms with Crippen LogP contribution in [0.5, 0.6) is 5.75 Å². The Bertz CT molecular complexity index is 309. The molecule has 0 fully saturated rings. The SMILES string of the molecule is OCc1nc(Br)ccc1OCC(F)F. The maximum absolute atomic E-state index is 11.8. The molecule has 78 valence electrons. The molecule has 0 saturated heterocycles. The van der Waals surface area contributed by atoms with Gasteiger partial charge in [0.2, 0.25) is 0 Å². The molecule has 1 heterocycles. The molecule has 3 nitrogen and oxygen atoms in total. The third kappa shape index (κ3) is 3.19. The molecule has 0 atom stereocenters. The van der Waals surface area contributed by atoms with Gasteiger partial charge in [-0.25, -0.2) is 13.8 Å². The summed E-state index contributed by atoms with van der Waals surface area (Å²) in [6, 6.07) is 3.03. The summed E-state index contributed by atoms with van der Waals surface area (Å²) >= 11 is 3.09. The highest BCUT2D eigenvalue weighted by Gasteiger charge is 2.08. The van der Waals surface area contributed by atoms with Gasteiger partial charge in [-0.3, -0.25) is 0 Å². The van der Waals surface area contributed by atoms with E-state index < -0.39 is 13.0 Å². The Morgan fingerprint density at radius 2 is 2.21 bits per heavy atom. The van der Waals surface area contributed by atoms with Crippen molar-refractivity contribution in [3.8, 4) is 5.75 Å². The molecule has 0 aliphatic heterocycles. The highest BCUT2D eigenvalue weighted by Crippen LogP contribution is 2.19. The summed E-state index contributed by atoms with van der Waals surface area (Å²) in [5.74, 6) is 0.177. The zero-order chi connectivity index (χ0) is 10.6. The molecule has 14 heavy (non-hydrogen) atoms. The van der Waals surface area contributed by atoms with Crippen LogP contribution in [0.2, 0.25) is 0 Å². The lowest BCUT2D eigenvalue weighted by atomic mass is 10.3. The molecule has 0 bridgehead atoms. The lowest BCUT2D eigenvalue weighted by molar-refractivity contribution is 0.0802. The van der Waals surface area contributed by atoms with E-state index >= 15 is 0 Å². The summed E-state index contributed by atoms with van der Waals surface area (Å²) in [7, 11) is 0. The summed E-state index contributed by atoms with van der Waals surface area (Å²) in [4.78, 5) is 3.87. The van der Waals surface area contributed by atoms with Crippen molar-refractivity contribution in [2.75, 3.05) is 6.61 Å². The molecule has 6 heteroatoms. The van der Waals surface area contributed by atoms with Crippen molar-refractivity contribution in [2.24, 2.45) is 0 Å². The summed E-state index contributed by atoms with van der Waals surface area (Å²) < 4.78 is 28.9. The number of aromatic nitrogens is 1. The highest BCUT2D eigenvalue weighted by molar-refractivity contribution is 9.10. The Morgan fingerprint density at radius 3 is 2.79 bits per heavy atom. The Balaban J connectivity index is 2.75. The van der Waals surface area contributed by atoms with E-state index in [1.165, 1.54) is 6.07 Å². The van der Waals surface area contributed by atoms with Gasteiger partial charge in [0.25, 0.3) is 6.43 Å². The maximum Gasteiger partial charge on any atom is 0.272 e. The Kier molecular flexibility index (Phi) is 4.21. The lowest BCUT2D eigenvalue weighted by Crippen LogP contribution is -2.09. The van der Waals surface area contributed by atoms with Crippen LogP contribution in [0.15, 0.2) is 16.7 Å². The first-order chi connectivity index (χ1) is 6.63. The predicted molar refractivity (Wildman–Crippen MR) is 49.4 cm³/mol. The van der Waals surface area contributed by atoms with Crippen LogP contribution in [0.4, 0.5) is 8.78 Å². The van der Waals surface area contributed by atoms with Crippen molar-refractivity contribution in [3.63, 3.8) is 0 Å². The smallest absolute Gasteiger partial charge is 0.272 e. The van der Waals surface area contributed by atoms with E-state index in [0.717, 1.165) is 0 Å². The van der Waals surface area contributed by atoms with Crippen LogP contribution in [-0.4, -0.2) is 23.1 Å². The first kappa shape index (κ1) is 11.3. The standard InChI is InChI=1S/C8H8BrF2NO2/c9-7-2-1-6(5(3-13)12-7)14-4-8(10)11/h1-2,8,13H,3-4H2. The van der Waals surface area contributed by atoms with Crippen molar-refractivity contribution in [1.82, 2.24) is 4.98 Å². The fraction of sp³-hybridized carbons (Fsp3) is 0.375. The molecular formula is C8H8BrF2NO2. The molecule has 0 saturated carbocycles. The predicted octanol–water partition coefficient (Wildman–Crippen LogP) is 1.98. The van der Waals surface area contributed by atoms with Gasteiger partial charge in [0.15, 0.2) is 0 Å².